The molecule has 5 rings (SSSR count). The molecule has 1 heterocycles. The van der Waals surface area contributed by atoms with E-state index in [0.29, 0.717) is 40.8 Å². The average Bonchev–Trinajstić information content (AvgIpc) is 3.41. The molecule has 1 aromatic carbocycles. The number of anilines is 1. The van der Waals surface area contributed by atoms with E-state index in [0.717, 1.165) is 32.1 Å². The molecule has 1 saturated heterocycles. The highest BCUT2D eigenvalue weighted by Gasteiger charge is 2.61. The van der Waals surface area contributed by atoms with Gasteiger partial charge in [-0.15, -0.1) is 0 Å². The van der Waals surface area contributed by atoms with Crippen molar-refractivity contribution in [2.75, 3.05) is 4.90 Å². The number of carbonyl (C=O) groups is 3. The molecular weight excluding hydrogens is 390 g/mol. The Morgan fingerprint density at radius 2 is 1.68 bits per heavy atom. The molecule has 4 aliphatic rings. The third-order valence-electron chi connectivity index (χ3n) is 8.49. The van der Waals surface area contributed by atoms with E-state index in [1.807, 2.05) is 0 Å². The van der Waals surface area contributed by atoms with Crippen LogP contribution in [0.3, 0.4) is 0 Å². The Labute approximate surface area is 184 Å². The fraction of sp³-hybridized carbons (Fsp3) is 0.654. The second-order valence-electron chi connectivity index (χ2n) is 10.7. The Morgan fingerprint density at radius 3 is 2.32 bits per heavy atom. The third kappa shape index (κ3) is 3.41. The van der Waals surface area contributed by atoms with Crippen molar-refractivity contribution in [2.45, 2.75) is 65.4 Å². The molecule has 3 aliphatic carbocycles. The van der Waals surface area contributed by atoms with Gasteiger partial charge in [-0.2, -0.15) is 0 Å². The van der Waals surface area contributed by atoms with Crippen LogP contribution in [0, 0.1) is 41.4 Å². The second-order valence-corrected chi connectivity index (χ2v) is 10.7. The fourth-order valence-electron chi connectivity index (χ4n) is 6.89. The number of amides is 2. The van der Waals surface area contributed by atoms with Crippen molar-refractivity contribution in [1.29, 1.82) is 0 Å². The van der Waals surface area contributed by atoms with Crippen molar-refractivity contribution in [3.05, 3.63) is 29.8 Å². The van der Waals surface area contributed by atoms with Gasteiger partial charge in [-0.05, 0) is 79.9 Å². The van der Waals surface area contributed by atoms with Gasteiger partial charge in [-0.25, -0.2) is 4.79 Å². The summed E-state index contributed by atoms with van der Waals surface area (Å²) < 4.78 is 5.98. The number of hydrogen-bond acceptors (Lipinski definition) is 4. The Bertz CT molecular complexity index is 880. The lowest BCUT2D eigenvalue weighted by Crippen LogP contribution is -2.36. The van der Waals surface area contributed by atoms with Crippen molar-refractivity contribution < 1.29 is 19.1 Å². The number of imide groups is 1. The van der Waals surface area contributed by atoms with E-state index in [9.17, 15) is 14.4 Å². The highest BCUT2D eigenvalue weighted by molar-refractivity contribution is 6.22. The standard InChI is InChI=1S/C26H33NO4/c1-14(2)20-10-7-15(3)11-21(20)31-26(30)18-5-4-6-19(13-18)27-24(28)22-16-8-9-17(12-16)23(22)25(27)29/h4-6,13-17,20-23H,7-12H2,1-3H3/t15-,16-,17+,20+,21-,22-,23+/m1/s1. The Morgan fingerprint density at radius 1 is 1.00 bits per heavy atom. The maximum atomic E-state index is 13.1. The van der Waals surface area contributed by atoms with Crippen LogP contribution in [0.5, 0.6) is 0 Å². The molecule has 0 aromatic heterocycles. The number of benzene rings is 1. The molecule has 0 radical (unpaired) electrons. The topological polar surface area (TPSA) is 63.7 Å². The fourth-order valence-corrected chi connectivity index (χ4v) is 6.89. The number of nitrogens with zero attached hydrogens (tertiary/aromatic N) is 1. The predicted molar refractivity (Wildman–Crippen MR) is 117 cm³/mol. The van der Waals surface area contributed by atoms with Gasteiger partial charge in [0.1, 0.15) is 6.10 Å². The molecule has 7 atom stereocenters. The zero-order chi connectivity index (χ0) is 21.9. The van der Waals surface area contributed by atoms with Crippen LogP contribution >= 0.6 is 0 Å². The van der Waals surface area contributed by atoms with E-state index in [1.54, 1.807) is 24.3 Å². The van der Waals surface area contributed by atoms with E-state index >= 15 is 0 Å². The third-order valence-corrected chi connectivity index (χ3v) is 8.49. The molecule has 166 valence electrons. The van der Waals surface area contributed by atoms with Crippen LogP contribution in [0.4, 0.5) is 5.69 Å². The smallest absolute Gasteiger partial charge is 0.338 e. The Kier molecular flexibility index (Phi) is 5.18. The van der Waals surface area contributed by atoms with Crippen molar-refractivity contribution in [3.63, 3.8) is 0 Å². The number of ether oxygens (including phenoxy) is 1. The number of rotatable bonds is 4. The van der Waals surface area contributed by atoms with Crippen LogP contribution in [0.15, 0.2) is 24.3 Å². The first-order valence-corrected chi connectivity index (χ1v) is 12.0. The highest BCUT2D eigenvalue weighted by atomic mass is 16.5. The summed E-state index contributed by atoms with van der Waals surface area (Å²) in [5, 5.41) is 0. The molecule has 5 nitrogen and oxygen atoms in total. The maximum absolute atomic E-state index is 13.1. The summed E-state index contributed by atoms with van der Waals surface area (Å²) in [6.45, 7) is 6.60. The lowest BCUT2D eigenvalue weighted by Gasteiger charge is -2.36. The normalized spacial score (nSPS) is 36.9. The van der Waals surface area contributed by atoms with Crippen molar-refractivity contribution >= 4 is 23.5 Å². The minimum atomic E-state index is -0.356. The van der Waals surface area contributed by atoms with E-state index in [2.05, 4.69) is 20.8 Å². The molecule has 2 amide bonds. The van der Waals surface area contributed by atoms with E-state index in [1.165, 1.54) is 11.3 Å². The predicted octanol–water partition coefficient (Wildman–Crippen LogP) is 4.84. The van der Waals surface area contributed by atoms with Crippen LogP contribution in [0.25, 0.3) is 0 Å². The second kappa shape index (κ2) is 7.75. The minimum Gasteiger partial charge on any atom is -0.458 e. The highest BCUT2D eigenvalue weighted by Crippen LogP contribution is 2.56. The Hall–Kier alpha value is -2.17. The maximum Gasteiger partial charge on any atom is 0.338 e. The van der Waals surface area contributed by atoms with E-state index in [4.69, 9.17) is 4.74 Å². The first-order chi connectivity index (χ1) is 14.8. The van der Waals surface area contributed by atoms with Crippen LogP contribution in [0.2, 0.25) is 0 Å². The van der Waals surface area contributed by atoms with Gasteiger partial charge in [0.15, 0.2) is 0 Å². The molecule has 4 fully saturated rings. The summed E-state index contributed by atoms with van der Waals surface area (Å²) in [5.41, 5.74) is 0.925. The SMILES string of the molecule is CC(C)[C@@H]1CC[C@@H](C)C[C@H]1OC(=O)c1cccc(N2C(=O)[C@@H]3[C@@H]4CC[C@@H](C4)[C@@H]3C2=O)c1. The lowest BCUT2D eigenvalue weighted by atomic mass is 9.75. The summed E-state index contributed by atoms with van der Waals surface area (Å²) in [6, 6.07) is 6.89. The monoisotopic (exact) mass is 423 g/mol. The van der Waals surface area contributed by atoms with Crippen LogP contribution in [0.1, 0.15) is 69.7 Å². The number of hydrogen-bond donors (Lipinski definition) is 0. The van der Waals surface area contributed by atoms with Crippen molar-refractivity contribution in [1.82, 2.24) is 0 Å². The number of esters is 1. The summed E-state index contributed by atoms with van der Waals surface area (Å²) in [7, 11) is 0. The first-order valence-electron chi connectivity index (χ1n) is 12.0. The van der Waals surface area contributed by atoms with Crippen molar-refractivity contribution in [2.24, 2.45) is 41.4 Å². The van der Waals surface area contributed by atoms with Gasteiger partial charge in [-0.3, -0.25) is 14.5 Å². The molecule has 0 spiro atoms. The average molecular weight is 424 g/mol. The van der Waals surface area contributed by atoms with Gasteiger partial charge in [-0.1, -0.05) is 33.3 Å². The zero-order valence-electron chi connectivity index (χ0n) is 18.8. The number of carbonyl (C=O) groups excluding carboxylic acids is 3. The van der Waals surface area contributed by atoms with Crippen molar-refractivity contribution in [3.8, 4) is 0 Å². The summed E-state index contributed by atoms with van der Waals surface area (Å²) in [5.74, 6) is 1.28. The first kappa shape index (κ1) is 20.7. The van der Waals surface area contributed by atoms with E-state index < -0.39 is 0 Å². The van der Waals surface area contributed by atoms with Gasteiger partial charge >= 0.3 is 5.97 Å². The molecule has 0 N–H and O–H groups in total. The zero-order valence-corrected chi connectivity index (χ0v) is 18.8. The van der Waals surface area contributed by atoms with Gasteiger partial charge in [0.05, 0.1) is 23.1 Å². The quantitative estimate of drug-likeness (QED) is 0.513. The summed E-state index contributed by atoms with van der Waals surface area (Å²) >= 11 is 0. The molecule has 1 aliphatic heterocycles. The van der Waals surface area contributed by atoms with Gasteiger partial charge in [0.2, 0.25) is 11.8 Å². The molecule has 2 bridgehead atoms. The summed E-state index contributed by atoms with van der Waals surface area (Å²) in [6.07, 6.45) is 6.20. The summed E-state index contributed by atoms with van der Waals surface area (Å²) in [4.78, 5) is 40.6. The lowest BCUT2D eigenvalue weighted by molar-refractivity contribution is -0.123. The minimum absolute atomic E-state index is 0.0753. The van der Waals surface area contributed by atoms with Gasteiger partial charge < -0.3 is 4.74 Å². The molecule has 1 aromatic rings. The van der Waals surface area contributed by atoms with E-state index in [-0.39, 0.29) is 35.7 Å². The largest absolute Gasteiger partial charge is 0.458 e. The van der Waals surface area contributed by atoms with Crippen LogP contribution in [-0.4, -0.2) is 23.9 Å². The molecular formula is C26H33NO4. The molecule has 3 saturated carbocycles. The van der Waals surface area contributed by atoms with Gasteiger partial charge in [0.25, 0.3) is 0 Å². The molecule has 0 unspecified atom stereocenters. The Balaban J connectivity index is 1.35. The van der Waals surface area contributed by atoms with Crippen LogP contribution in [-0.2, 0) is 14.3 Å². The van der Waals surface area contributed by atoms with Gasteiger partial charge in [0, 0.05) is 0 Å². The van der Waals surface area contributed by atoms with Crippen LogP contribution < -0.4 is 4.90 Å². The molecule has 31 heavy (non-hydrogen) atoms. The number of fused-ring (bicyclic) bond motifs is 5. The molecule has 5 heteroatoms.